The number of anilines is 1. The average Bonchev–Trinajstić information content (AvgIpc) is 2.35. The lowest BCUT2D eigenvalue weighted by molar-refractivity contribution is 0.0926. The number of nitrogens with two attached hydrogens (primary N) is 1. The van der Waals surface area contributed by atoms with Gasteiger partial charge in [-0.25, -0.2) is 0 Å². The van der Waals surface area contributed by atoms with Crippen LogP contribution in [0, 0.1) is 0 Å². The summed E-state index contributed by atoms with van der Waals surface area (Å²) >= 11 is 0. The number of nitrogen functional groups attached to an aromatic ring is 1. The van der Waals surface area contributed by atoms with Crippen LogP contribution in [0.4, 0.5) is 5.69 Å². The van der Waals surface area contributed by atoms with Crippen LogP contribution in [0.3, 0.4) is 0 Å². The Kier molecular flexibility index (Phi) is 5.45. The predicted molar refractivity (Wildman–Crippen MR) is 70.8 cm³/mol. The molecule has 1 atom stereocenters. The summed E-state index contributed by atoms with van der Waals surface area (Å²) in [5.74, 6) is 0.307. The van der Waals surface area contributed by atoms with Crippen molar-refractivity contribution >= 4 is 11.6 Å². The fraction of sp³-hybridized carbons (Fsp3) is 0.462. The Morgan fingerprint density at radius 3 is 2.78 bits per heavy atom. The van der Waals surface area contributed by atoms with Crippen molar-refractivity contribution in [2.75, 3.05) is 26.6 Å². The minimum absolute atomic E-state index is 0.0414. The lowest BCUT2D eigenvalue weighted by Gasteiger charge is -2.15. The monoisotopic (exact) mass is 252 g/mol. The standard InChI is InChI=1S/C13H20N2O3/c1-9(6-7-17-2)15-13(16)11-5-4-10(14)8-12(11)18-3/h4-5,8-9H,6-7,14H2,1-3H3,(H,15,16). The van der Waals surface area contributed by atoms with E-state index in [4.69, 9.17) is 15.2 Å². The number of hydrogen-bond donors (Lipinski definition) is 2. The Bertz CT molecular complexity index is 407. The number of nitrogens with one attached hydrogen (secondary N) is 1. The molecule has 0 saturated heterocycles. The van der Waals surface area contributed by atoms with Crippen molar-refractivity contribution < 1.29 is 14.3 Å². The zero-order valence-electron chi connectivity index (χ0n) is 11.0. The predicted octanol–water partition coefficient (Wildman–Crippen LogP) is 1.43. The van der Waals surface area contributed by atoms with Gasteiger partial charge in [0.15, 0.2) is 0 Å². The maximum atomic E-state index is 12.0. The second-order valence-electron chi connectivity index (χ2n) is 4.12. The number of ether oxygens (including phenoxy) is 2. The second kappa shape index (κ2) is 6.86. The number of rotatable bonds is 6. The molecular weight excluding hydrogens is 232 g/mol. The molecule has 1 unspecified atom stereocenters. The topological polar surface area (TPSA) is 73.6 Å². The zero-order chi connectivity index (χ0) is 13.5. The van der Waals surface area contributed by atoms with Crippen molar-refractivity contribution in [3.8, 4) is 5.75 Å². The van der Waals surface area contributed by atoms with Gasteiger partial charge in [0.05, 0.1) is 12.7 Å². The van der Waals surface area contributed by atoms with E-state index >= 15 is 0 Å². The number of methoxy groups -OCH3 is 2. The molecule has 0 bridgehead atoms. The molecule has 0 aromatic heterocycles. The minimum Gasteiger partial charge on any atom is -0.496 e. The number of carbonyl (C=O) groups excluding carboxylic acids is 1. The fourth-order valence-corrected chi connectivity index (χ4v) is 1.56. The molecule has 0 radical (unpaired) electrons. The second-order valence-corrected chi connectivity index (χ2v) is 4.12. The average molecular weight is 252 g/mol. The van der Waals surface area contributed by atoms with Gasteiger partial charge in [-0.2, -0.15) is 0 Å². The van der Waals surface area contributed by atoms with E-state index < -0.39 is 0 Å². The Morgan fingerprint density at radius 2 is 2.17 bits per heavy atom. The minimum atomic E-state index is -0.171. The lowest BCUT2D eigenvalue weighted by atomic mass is 10.1. The third kappa shape index (κ3) is 3.92. The molecule has 1 rings (SSSR count). The van der Waals surface area contributed by atoms with Gasteiger partial charge in [-0.1, -0.05) is 0 Å². The van der Waals surface area contributed by atoms with Gasteiger partial charge < -0.3 is 20.5 Å². The van der Waals surface area contributed by atoms with Gasteiger partial charge in [0.25, 0.3) is 5.91 Å². The van der Waals surface area contributed by atoms with Crippen LogP contribution in [0.25, 0.3) is 0 Å². The van der Waals surface area contributed by atoms with Gasteiger partial charge in [-0.3, -0.25) is 4.79 Å². The summed E-state index contributed by atoms with van der Waals surface area (Å²) in [7, 11) is 3.15. The van der Waals surface area contributed by atoms with Gasteiger partial charge in [0, 0.05) is 31.5 Å². The molecule has 1 aromatic rings. The Hall–Kier alpha value is -1.75. The summed E-state index contributed by atoms with van der Waals surface area (Å²) in [6.45, 7) is 2.54. The summed E-state index contributed by atoms with van der Waals surface area (Å²) in [4.78, 5) is 12.0. The molecule has 0 aliphatic carbocycles. The van der Waals surface area contributed by atoms with E-state index in [2.05, 4.69) is 5.32 Å². The van der Waals surface area contributed by atoms with Crippen molar-refractivity contribution in [1.29, 1.82) is 0 Å². The first-order chi connectivity index (χ1) is 8.58. The van der Waals surface area contributed by atoms with Crippen LogP contribution in [0.1, 0.15) is 23.7 Å². The smallest absolute Gasteiger partial charge is 0.255 e. The first kappa shape index (κ1) is 14.3. The highest BCUT2D eigenvalue weighted by atomic mass is 16.5. The van der Waals surface area contributed by atoms with Gasteiger partial charge in [0.2, 0.25) is 0 Å². The zero-order valence-corrected chi connectivity index (χ0v) is 11.0. The molecule has 0 aliphatic rings. The third-order valence-electron chi connectivity index (χ3n) is 2.60. The van der Waals surface area contributed by atoms with Crippen LogP contribution >= 0.6 is 0 Å². The maximum absolute atomic E-state index is 12.0. The lowest BCUT2D eigenvalue weighted by Crippen LogP contribution is -2.33. The van der Waals surface area contributed by atoms with E-state index in [1.165, 1.54) is 7.11 Å². The molecule has 0 saturated carbocycles. The van der Waals surface area contributed by atoms with Gasteiger partial charge in [-0.15, -0.1) is 0 Å². The SMILES string of the molecule is COCCC(C)NC(=O)c1ccc(N)cc1OC. The molecule has 3 N–H and O–H groups in total. The van der Waals surface area contributed by atoms with Crippen molar-refractivity contribution in [3.05, 3.63) is 23.8 Å². The van der Waals surface area contributed by atoms with E-state index in [9.17, 15) is 4.79 Å². The summed E-state index contributed by atoms with van der Waals surface area (Å²) in [5, 5.41) is 2.89. The summed E-state index contributed by atoms with van der Waals surface area (Å²) < 4.78 is 10.1. The molecule has 5 nitrogen and oxygen atoms in total. The largest absolute Gasteiger partial charge is 0.496 e. The van der Waals surface area contributed by atoms with Crippen molar-refractivity contribution in [1.82, 2.24) is 5.32 Å². The summed E-state index contributed by atoms with van der Waals surface area (Å²) in [5.41, 5.74) is 6.69. The quantitative estimate of drug-likeness (QED) is 0.751. The summed E-state index contributed by atoms with van der Waals surface area (Å²) in [6, 6.07) is 5.01. The summed E-state index contributed by atoms with van der Waals surface area (Å²) in [6.07, 6.45) is 0.763. The van der Waals surface area contributed by atoms with Crippen molar-refractivity contribution in [2.45, 2.75) is 19.4 Å². The van der Waals surface area contributed by atoms with E-state index in [0.29, 0.717) is 23.6 Å². The molecule has 5 heteroatoms. The Balaban J connectivity index is 2.72. The number of carbonyl (C=O) groups is 1. The van der Waals surface area contributed by atoms with Crippen LogP contribution in [0.5, 0.6) is 5.75 Å². The molecule has 0 fully saturated rings. The molecule has 1 amide bonds. The molecule has 100 valence electrons. The normalized spacial score (nSPS) is 11.9. The van der Waals surface area contributed by atoms with E-state index in [1.54, 1.807) is 25.3 Å². The number of benzene rings is 1. The van der Waals surface area contributed by atoms with Gasteiger partial charge in [0.1, 0.15) is 5.75 Å². The molecule has 0 heterocycles. The first-order valence-electron chi connectivity index (χ1n) is 5.81. The Labute approximate surface area is 107 Å². The first-order valence-corrected chi connectivity index (χ1v) is 5.81. The van der Waals surface area contributed by atoms with E-state index in [1.807, 2.05) is 6.92 Å². The van der Waals surface area contributed by atoms with Crippen LogP contribution < -0.4 is 15.8 Å². The van der Waals surface area contributed by atoms with Gasteiger partial charge in [-0.05, 0) is 25.5 Å². The highest BCUT2D eigenvalue weighted by Crippen LogP contribution is 2.21. The van der Waals surface area contributed by atoms with Crippen LogP contribution in [-0.2, 0) is 4.74 Å². The van der Waals surface area contributed by atoms with Gasteiger partial charge >= 0.3 is 0 Å². The van der Waals surface area contributed by atoms with E-state index in [0.717, 1.165) is 6.42 Å². The van der Waals surface area contributed by atoms with Crippen LogP contribution in [0.15, 0.2) is 18.2 Å². The Morgan fingerprint density at radius 1 is 1.44 bits per heavy atom. The molecule has 0 spiro atoms. The highest BCUT2D eigenvalue weighted by molar-refractivity contribution is 5.97. The number of hydrogen-bond acceptors (Lipinski definition) is 4. The molecule has 18 heavy (non-hydrogen) atoms. The van der Waals surface area contributed by atoms with Crippen LogP contribution in [0.2, 0.25) is 0 Å². The molecular formula is C13H20N2O3. The highest BCUT2D eigenvalue weighted by Gasteiger charge is 2.14. The third-order valence-corrected chi connectivity index (χ3v) is 2.60. The van der Waals surface area contributed by atoms with Crippen LogP contribution in [-0.4, -0.2) is 32.8 Å². The van der Waals surface area contributed by atoms with E-state index in [-0.39, 0.29) is 11.9 Å². The number of amides is 1. The molecule has 0 aliphatic heterocycles. The van der Waals surface area contributed by atoms with Crippen molar-refractivity contribution in [3.63, 3.8) is 0 Å². The fourth-order valence-electron chi connectivity index (χ4n) is 1.56. The van der Waals surface area contributed by atoms with Crippen molar-refractivity contribution in [2.24, 2.45) is 0 Å². The molecule has 1 aromatic carbocycles. The maximum Gasteiger partial charge on any atom is 0.255 e.